The molecule has 0 bridgehead atoms. The number of hydrogen-bond donors (Lipinski definition) is 0. The molecule has 0 radical (unpaired) electrons. The lowest BCUT2D eigenvalue weighted by molar-refractivity contribution is -0.116. The highest BCUT2D eigenvalue weighted by molar-refractivity contribution is 7.09. The molecule has 4 heteroatoms. The van der Waals surface area contributed by atoms with Gasteiger partial charge in [0.15, 0.2) is 0 Å². The van der Waals surface area contributed by atoms with Gasteiger partial charge in [0.1, 0.15) is 5.78 Å². The Hall–Kier alpha value is -0.740. The predicted octanol–water partition coefficient (Wildman–Crippen LogP) is 2.24. The van der Waals surface area contributed by atoms with E-state index in [1.165, 1.54) is 6.42 Å². The van der Waals surface area contributed by atoms with Crippen LogP contribution in [0.4, 0.5) is 0 Å². The van der Waals surface area contributed by atoms with E-state index in [1.54, 1.807) is 18.3 Å². The average molecular weight is 239 g/mol. The molecule has 1 aliphatic rings. The maximum atomic E-state index is 11.0. The van der Waals surface area contributed by atoms with E-state index in [4.69, 9.17) is 4.74 Å². The van der Waals surface area contributed by atoms with Gasteiger partial charge in [-0.15, -0.1) is 11.3 Å². The van der Waals surface area contributed by atoms with Crippen LogP contribution in [0.15, 0.2) is 5.38 Å². The van der Waals surface area contributed by atoms with Crippen LogP contribution in [0, 0.1) is 5.92 Å². The van der Waals surface area contributed by atoms with Gasteiger partial charge in [0, 0.05) is 31.4 Å². The van der Waals surface area contributed by atoms with E-state index in [2.05, 4.69) is 4.98 Å². The third-order valence-corrected chi connectivity index (χ3v) is 3.67. The maximum absolute atomic E-state index is 11.0. The van der Waals surface area contributed by atoms with Crippen molar-refractivity contribution in [1.82, 2.24) is 4.98 Å². The highest BCUT2D eigenvalue weighted by atomic mass is 32.1. The van der Waals surface area contributed by atoms with Crippen LogP contribution in [0.5, 0.6) is 0 Å². The maximum Gasteiger partial charge on any atom is 0.135 e. The lowest BCUT2D eigenvalue weighted by atomic mass is 9.99. The standard InChI is InChI=1S/C12H17NO2S/c1-9(14)5-11-8-16-12(13-11)6-10-3-2-4-15-7-10/h8,10H,2-7H2,1H3. The van der Waals surface area contributed by atoms with Gasteiger partial charge in [-0.3, -0.25) is 4.79 Å². The summed E-state index contributed by atoms with van der Waals surface area (Å²) in [6.07, 6.45) is 3.87. The van der Waals surface area contributed by atoms with Crippen molar-refractivity contribution in [3.8, 4) is 0 Å². The number of ketones is 1. The first kappa shape index (κ1) is 11.7. The summed E-state index contributed by atoms with van der Waals surface area (Å²) in [7, 11) is 0. The number of rotatable bonds is 4. The van der Waals surface area contributed by atoms with Gasteiger partial charge in [0.05, 0.1) is 10.7 Å². The number of nitrogens with zero attached hydrogens (tertiary/aromatic N) is 1. The van der Waals surface area contributed by atoms with Crippen LogP contribution in [0.25, 0.3) is 0 Å². The Morgan fingerprint density at radius 2 is 2.56 bits per heavy atom. The zero-order valence-electron chi connectivity index (χ0n) is 9.57. The first-order valence-corrected chi connectivity index (χ1v) is 6.62. The zero-order chi connectivity index (χ0) is 11.4. The van der Waals surface area contributed by atoms with E-state index in [9.17, 15) is 4.79 Å². The summed E-state index contributed by atoms with van der Waals surface area (Å²) in [5, 5.41) is 3.15. The number of carbonyl (C=O) groups excluding carboxylic acids is 1. The van der Waals surface area contributed by atoms with E-state index in [0.29, 0.717) is 12.3 Å². The molecule has 1 aromatic rings. The number of ether oxygens (including phenoxy) is 1. The van der Waals surface area contributed by atoms with E-state index >= 15 is 0 Å². The fraction of sp³-hybridized carbons (Fsp3) is 0.667. The molecule has 0 aromatic carbocycles. The number of aromatic nitrogens is 1. The minimum absolute atomic E-state index is 0.179. The minimum Gasteiger partial charge on any atom is -0.381 e. The predicted molar refractivity (Wildman–Crippen MR) is 63.7 cm³/mol. The van der Waals surface area contributed by atoms with Crippen LogP contribution in [0.2, 0.25) is 0 Å². The van der Waals surface area contributed by atoms with E-state index in [1.807, 2.05) is 5.38 Å². The Morgan fingerprint density at radius 3 is 3.25 bits per heavy atom. The van der Waals surface area contributed by atoms with Crippen LogP contribution < -0.4 is 0 Å². The number of hydrogen-bond acceptors (Lipinski definition) is 4. The molecular formula is C12H17NO2S. The molecule has 1 saturated heterocycles. The first-order chi connectivity index (χ1) is 7.74. The van der Waals surface area contributed by atoms with Gasteiger partial charge < -0.3 is 4.74 Å². The van der Waals surface area contributed by atoms with Crippen molar-refractivity contribution < 1.29 is 9.53 Å². The second kappa shape index (κ2) is 5.55. The van der Waals surface area contributed by atoms with E-state index in [-0.39, 0.29) is 5.78 Å². The zero-order valence-corrected chi connectivity index (χ0v) is 10.4. The van der Waals surface area contributed by atoms with Crippen molar-refractivity contribution in [2.24, 2.45) is 5.92 Å². The second-order valence-corrected chi connectivity index (χ2v) is 5.34. The number of Topliss-reactive ketones (excluding diaryl/α,β-unsaturated/α-hetero) is 1. The van der Waals surface area contributed by atoms with Crippen molar-refractivity contribution in [1.29, 1.82) is 0 Å². The molecule has 0 saturated carbocycles. The van der Waals surface area contributed by atoms with Crippen LogP contribution in [-0.2, 0) is 22.4 Å². The lowest BCUT2D eigenvalue weighted by Gasteiger charge is -2.20. The molecule has 2 heterocycles. The van der Waals surface area contributed by atoms with Crippen LogP contribution >= 0.6 is 11.3 Å². The third kappa shape index (κ3) is 3.39. The summed E-state index contributed by atoms with van der Waals surface area (Å²) in [4.78, 5) is 15.4. The number of thiazole rings is 1. The molecule has 1 fully saturated rings. The fourth-order valence-electron chi connectivity index (χ4n) is 1.99. The molecule has 3 nitrogen and oxygen atoms in total. The van der Waals surface area contributed by atoms with Gasteiger partial charge in [-0.2, -0.15) is 0 Å². The molecule has 2 rings (SSSR count). The molecule has 1 atom stereocenters. The Kier molecular flexibility index (Phi) is 4.07. The molecule has 1 aliphatic heterocycles. The summed E-state index contributed by atoms with van der Waals surface area (Å²) < 4.78 is 5.45. The van der Waals surface area contributed by atoms with Crippen molar-refractivity contribution in [3.63, 3.8) is 0 Å². The van der Waals surface area contributed by atoms with Crippen LogP contribution in [-0.4, -0.2) is 24.0 Å². The van der Waals surface area contributed by atoms with Gasteiger partial charge in [-0.1, -0.05) is 0 Å². The van der Waals surface area contributed by atoms with Crippen molar-refractivity contribution in [3.05, 3.63) is 16.1 Å². The van der Waals surface area contributed by atoms with Crippen LogP contribution in [0.1, 0.15) is 30.5 Å². The summed E-state index contributed by atoms with van der Waals surface area (Å²) in [5.41, 5.74) is 0.921. The largest absolute Gasteiger partial charge is 0.381 e. The molecule has 0 N–H and O–H groups in total. The average Bonchev–Trinajstić information content (AvgIpc) is 2.66. The summed E-state index contributed by atoms with van der Waals surface area (Å²) in [6, 6.07) is 0. The van der Waals surface area contributed by atoms with Gasteiger partial charge in [0.25, 0.3) is 0 Å². The molecule has 88 valence electrons. The van der Waals surface area contributed by atoms with Gasteiger partial charge >= 0.3 is 0 Å². The molecule has 1 aromatic heterocycles. The second-order valence-electron chi connectivity index (χ2n) is 4.40. The van der Waals surface area contributed by atoms with Crippen LogP contribution in [0.3, 0.4) is 0 Å². The fourth-order valence-corrected chi connectivity index (χ4v) is 2.90. The monoisotopic (exact) mass is 239 g/mol. The normalized spacial score (nSPS) is 20.9. The molecule has 0 amide bonds. The Morgan fingerprint density at radius 1 is 1.69 bits per heavy atom. The third-order valence-electron chi connectivity index (χ3n) is 2.75. The molecule has 0 spiro atoms. The summed E-state index contributed by atoms with van der Waals surface area (Å²) in [6.45, 7) is 3.37. The quantitative estimate of drug-likeness (QED) is 0.809. The smallest absolute Gasteiger partial charge is 0.135 e. The Labute approximate surface area is 99.8 Å². The van der Waals surface area contributed by atoms with E-state index in [0.717, 1.165) is 36.8 Å². The summed E-state index contributed by atoms with van der Waals surface area (Å²) >= 11 is 1.67. The SMILES string of the molecule is CC(=O)Cc1csc(CC2CCCOC2)n1. The van der Waals surface area contributed by atoms with Crippen molar-refractivity contribution in [2.75, 3.05) is 13.2 Å². The van der Waals surface area contributed by atoms with Gasteiger partial charge in [0.2, 0.25) is 0 Å². The highest BCUT2D eigenvalue weighted by Gasteiger charge is 2.16. The van der Waals surface area contributed by atoms with Crippen molar-refractivity contribution in [2.45, 2.75) is 32.6 Å². The highest BCUT2D eigenvalue weighted by Crippen LogP contribution is 2.21. The van der Waals surface area contributed by atoms with E-state index < -0.39 is 0 Å². The number of carbonyl (C=O) groups is 1. The topological polar surface area (TPSA) is 39.2 Å². The van der Waals surface area contributed by atoms with Gasteiger partial charge in [-0.25, -0.2) is 4.98 Å². The molecule has 1 unspecified atom stereocenters. The van der Waals surface area contributed by atoms with Gasteiger partial charge in [-0.05, 0) is 25.7 Å². The molecule has 0 aliphatic carbocycles. The van der Waals surface area contributed by atoms with Crippen molar-refractivity contribution >= 4 is 17.1 Å². The molecular weight excluding hydrogens is 222 g/mol. The Bertz CT molecular complexity index is 356. The summed E-state index contributed by atoms with van der Waals surface area (Å²) in [5.74, 6) is 0.794. The first-order valence-electron chi connectivity index (χ1n) is 5.74. The Balaban J connectivity index is 1.88. The minimum atomic E-state index is 0.179. The lowest BCUT2D eigenvalue weighted by Crippen LogP contribution is -2.19. The molecule has 16 heavy (non-hydrogen) atoms.